The van der Waals surface area contributed by atoms with Crippen molar-refractivity contribution in [3.8, 4) is 23.1 Å². The number of rotatable bonds is 6. The van der Waals surface area contributed by atoms with Crippen LogP contribution in [0.3, 0.4) is 0 Å². The molecule has 23 heavy (non-hydrogen) atoms. The molecule has 122 valence electrons. The van der Waals surface area contributed by atoms with Crippen LogP contribution in [0.25, 0.3) is 11.5 Å². The number of aromatic hydroxyl groups is 2. The van der Waals surface area contributed by atoms with Crippen molar-refractivity contribution in [2.75, 3.05) is 0 Å². The minimum atomic E-state index is -0.196. The summed E-state index contributed by atoms with van der Waals surface area (Å²) in [5, 5.41) is 29.4. The van der Waals surface area contributed by atoms with Gasteiger partial charge < -0.3 is 28.9 Å². The normalized spacial score (nSPS) is 11.2. The number of imidazole rings is 1. The summed E-state index contributed by atoms with van der Waals surface area (Å²) in [6, 6.07) is 3.39. The molecular formula is C16H19N3O4. The molecule has 0 aromatic carbocycles. The molecule has 7 nitrogen and oxygen atoms in total. The molecule has 0 fully saturated rings. The average molecular weight is 317 g/mol. The summed E-state index contributed by atoms with van der Waals surface area (Å²) in [5.74, 6) is 0.615. The first-order valence-corrected chi connectivity index (χ1v) is 7.38. The predicted molar refractivity (Wildman–Crippen MR) is 83.0 cm³/mol. The minimum Gasteiger partial charge on any atom is -0.503 e. The highest BCUT2D eigenvalue weighted by atomic mass is 16.4. The lowest BCUT2D eigenvalue weighted by molar-refractivity contribution is 0.248. The van der Waals surface area contributed by atoms with Crippen molar-refractivity contribution >= 4 is 0 Å². The number of aliphatic hydroxyl groups excluding tert-OH is 1. The molecule has 3 rings (SSSR count). The number of hydrogen-bond donors (Lipinski definition) is 3. The Morgan fingerprint density at radius 2 is 2.04 bits per heavy atom. The summed E-state index contributed by atoms with van der Waals surface area (Å²) in [7, 11) is 0. The van der Waals surface area contributed by atoms with Crippen molar-refractivity contribution in [1.82, 2.24) is 14.1 Å². The van der Waals surface area contributed by atoms with Crippen LogP contribution in [0.2, 0.25) is 0 Å². The number of aliphatic hydroxyl groups is 1. The monoisotopic (exact) mass is 317 g/mol. The summed E-state index contributed by atoms with van der Waals surface area (Å²) in [4.78, 5) is 3.99. The van der Waals surface area contributed by atoms with Gasteiger partial charge in [0.2, 0.25) is 5.88 Å². The third-order valence-corrected chi connectivity index (χ3v) is 3.86. The lowest BCUT2D eigenvalue weighted by Gasteiger charge is -2.10. The van der Waals surface area contributed by atoms with Crippen LogP contribution >= 0.6 is 0 Å². The zero-order valence-electron chi connectivity index (χ0n) is 12.8. The topological polar surface area (TPSA) is 96.6 Å². The highest BCUT2D eigenvalue weighted by Gasteiger charge is 2.22. The second kappa shape index (κ2) is 6.21. The quantitative estimate of drug-likeness (QED) is 0.648. The molecule has 3 aromatic rings. The first-order chi connectivity index (χ1) is 11.1. The Balaban J connectivity index is 1.87. The number of nitrogens with zero attached hydrogens (tertiary/aromatic N) is 3. The van der Waals surface area contributed by atoms with E-state index in [1.54, 1.807) is 36.1 Å². The first kappa shape index (κ1) is 15.2. The zero-order chi connectivity index (χ0) is 16.4. The van der Waals surface area contributed by atoms with Gasteiger partial charge in [0.25, 0.3) is 0 Å². The van der Waals surface area contributed by atoms with E-state index in [2.05, 4.69) is 4.98 Å². The molecule has 3 aromatic heterocycles. The molecule has 3 N–H and O–H groups in total. The van der Waals surface area contributed by atoms with Crippen molar-refractivity contribution in [2.24, 2.45) is 0 Å². The minimum absolute atomic E-state index is 0.149. The van der Waals surface area contributed by atoms with Gasteiger partial charge in [-0.1, -0.05) is 0 Å². The van der Waals surface area contributed by atoms with Crippen LogP contribution in [-0.2, 0) is 19.7 Å². The van der Waals surface area contributed by atoms with E-state index < -0.39 is 0 Å². The Hall–Kier alpha value is -2.67. The fourth-order valence-corrected chi connectivity index (χ4v) is 2.67. The molecule has 0 saturated carbocycles. The van der Waals surface area contributed by atoms with E-state index in [1.807, 2.05) is 10.8 Å². The van der Waals surface area contributed by atoms with Crippen LogP contribution in [0, 0.1) is 6.92 Å². The molecule has 0 spiro atoms. The Kier molecular flexibility index (Phi) is 4.12. The van der Waals surface area contributed by atoms with Gasteiger partial charge in [-0.3, -0.25) is 0 Å². The number of furan rings is 1. The lowest BCUT2D eigenvalue weighted by atomic mass is 10.2. The van der Waals surface area contributed by atoms with Crippen LogP contribution in [0.15, 0.2) is 35.3 Å². The molecule has 0 aliphatic carbocycles. The van der Waals surface area contributed by atoms with Gasteiger partial charge in [-0.2, -0.15) is 0 Å². The second-order valence-electron chi connectivity index (χ2n) is 5.38. The Bertz CT molecular complexity index is 787. The maximum atomic E-state index is 10.2. The van der Waals surface area contributed by atoms with E-state index in [-0.39, 0.29) is 18.2 Å². The fourth-order valence-electron chi connectivity index (χ4n) is 2.67. The highest BCUT2D eigenvalue weighted by Crippen LogP contribution is 2.40. The zero-order valence-corrected chi connectivity index (χ0v) is 12.8. The van der Waals surface area contributed by atoms with Gasteiger partial charge in [-0.15, -0.1) is 0 Å². The molecule has 3 heterocycles. The largest absolute Gasteiger partial charge is 0.503 e. The number of aromatic nitrogens is 3. The highest BCUT2D eigenvalue weighted by molar-refractivity contribution is 5.66. The van der Waals surface area contributed by atoms with Crippen molar-refractivity contribution in [3.05, 3.63) is 42.2 Å². The summed E-state index contributed by atoms with van der Waals surface area (Å²) in [6.07, 6.45) is 6.07. The van der Waals surface area contributed by atoms with Crippen LogP contribution in [-0.4, -0.2) is 29.4 Å². The van der Waals surface area contributed by atoms with Gasteiger partial charge in [0.1, 0.15) is 12.4 Å². The Morgan fingerprint density at radius 1 is 1.22 bits per heavy atom. The smallest absolute Gasteiger partial charge is 0.235 e. The van der Waals surface area contributed by atoms with E-state index in [0.29, 0.717) is 29.3 Å². The van der Waals surface area contributed by atoms with Crippen molar-refractivity contribution in [2.45, 2.75) is 33.0 Å². The number of hydrogen-bond acceptors (Lipinski definition) is 5. The van der Waals surface area contributed by atoms with Crippen LogP contribution < -0.4 is 0 Å². The van der Waals surface area contributed by atoms with E-state index in [0.717, 1.165) is 13.0 Å². The fraction of sp³-hybridized carbons (Fsp3) is 0.312. The second-order valence-corrected chi connectivity index (χ2v) is 5.38. The van der Waals surface area contributed by atoms with Crippen molar-refractivity contribution in [3.63, 3.8) is 0 Å². The summed E-state index contributed by atoms with van der Waals surface area (Å²) < 4.78 is 9.13. The van der Waals surface area contributed by atoms with E-state index in [1.165, 1.54) is 0 Å². The predicted octanol–water partition coefficient (Wildman–Crippen LogP) is 2.25. The van der Waals surface area contributed by atoms with E-state index in [9.17, 15) is 10.2 Å². The SMILES string of the molecule is Cc1c(O)c(O)n(CCCn2ccnc2)c1-c1ccc(CO)o1. The van der Waals surface area contributed by atoms with Crippen LogP contribution in [0.1, 0.15) is 17.7 Å². The molecule has 0 atom stereocenters. The average Bonchev–Trinajstić information content (AvgIpc) is 3.26. The third kappa shape index (κ3) is 2.83. The lowest BCUT2D eigenvalue weighted by Crippen LogP contribution is -2.04. The molecule has 0 aliphatic rings. The first-order valence-electron chi connectivity index (χ1n) is 7.38. The van der Waals surface area contributed by atoms with Crippen LogP contribution in [0.5, 0.6) is 11.6 Å². The number of aryl methyl sites for hydroxylation is 1. The molecule has 0 aliphatic heterocycles. The molecule has 0 saturated heterocycles. The summed E-state index contributed by atoms with van der Waals surface area (Å²) in [5.41, 5.74) is 1.16. The van der Waals surface area contributed by atoms with Gasteiger partial charge in [0, 0.05) is 31.0 Å². The third-order valence-electron chi connectivity index (χ3n) is 3.86. The van der Waals surface area contributed by atoms with Gasteiger partial charge in [-0.05, 0) is 25.5 Å². The van der Waals surface area contributed by atoms with Gasteiger partial charge in [0.05, 0.1) is 12.0 Å². The van der Waals surface area contributed by atoms with Crippen molar-refractivity contribution < 1.29 is 19.7 Å². The molecule has 0 unspecified atom stereocenters. The molecule has 7 heteroatoms. The van der Waals surface area contributed by atoms with E-state index >= 15 is 0 Å². The van der Waals surface area contributed by atoms with E-state index in [4.69, 9.17) is 9.52 Å². The standard InChI is InChI=1S/C16H19N3O4/c1-11-14(13-4-3-12(9-20)23-13)19(16(22)15(11)21)7-2-6-18-8-5-17-10-18/h3-5,8,10,20-22H,2,6-7,9H2,1H3. The summed E-state index contributed by atoms with van der Waals surface area (Å²) in [6.45, 7) is 2.78. The Labute approximate surface area is 133 Å². The summed E-state index contributed by atoms with van der Waals surface area (Å²) >= 11 is 0. The van der Waals surface area contributed by atoms with Crippen molar-refractivity contribution in [1.29, 1.82) is 0 Å². The maximum absolute atomic E-state index is 10.2. The molecule has 0 bridgehead atoms. The van der Waals surface area contributed by atoms with Gasteiger partial charge >= 0.3 is 0 Å². The van der Waals surface area contributed by atoms with Crippen LogP contribution in [0.4, 0.5) is 0 Å². The van der Waals surface area contributed by atoms with Gasteiger partial charge in [0.15, 0.2) is 11.5 Å². The molecular weight excluding hydrogens is 298 g/mol. The molecule has 0 amide bonds. The maximum Gasteiger partial charge on any atom is 0.235 e. The van der Waals surface area contributed by atoms with Gasteiger partial charge in [-0.25, -0.2) is 4.98 Å². The Morgan fingerprint density at radius 3 is 2.70 bits per heavy atom. The molecule has 0 radical (unpaired) electrons.